The van der Waals surface area contributed by atoms with Gasteiger partial charge in [-0.3, -0.25) is 9.97 Å². The maximum absolute atomic E-state index is 4.27. The largest absolute Gasteiger partial charge is 0.265 e. The molecule has 0 fully saturated rings. The highest BCUT2D eigenvalue weighted by molar-refractivity contribution is 5.70. The first-order chi connectivity index (χ1) is 9.92. The van der Waals surface area contributed by atoms with Crippen LogP contribution >= 0.6 is 0 Å². The van der Waals surface area contributed by atoms with E-state index >= 15 is 0 Å². The molecule has 0 N–H and O–H groups in total. The number of hydrogen-bond acceptors (Lipinski definition) is 2. The van der Waals surface area contributed by atoms with Crippen molar-refractivity contribution in [1.29, 1.82) is 0 Å². The average Bonchev–Trinajstić information content (AvgIpc) is 2.55. The molecule has 0 saturated carbocycles. The van der Waals surface area contributed by atoms with Crippen LogP contribution in [0.15, 0.2) is 73.2 Å². The number of rotatable bonds is 3. The molecule has 20 heavy (non-hydrogen) atoms. The van der Waals surface area contributed by atoms with Crippen molar-refractivity contribution >= 4 is 12.2 Å². The number of benzene rings is 1. The monoisotopic (exact) mass is 258 g/mol. The Morgan fingerprint density at radius 3 is 2.10 bits per heavy atom. The quantitative estimate of drug-likeness (QED) is 0.699. The van der Waals surface area contributed by atoms with Crippen molar-refractivity contribution in [2.45, 2.75) is 0 Å². The van der Waals surface area contributed by atoms with Crippen LogP contribution in [0.4, 0.5) is 0 Å². The third kappa shape index (κ3) is 2.98. The maximum Gasteiger partial charge on any atom is 0.0629 e. The van der Waals surface area contributed by atoms with Crippen LogP contribution in [0.5, 0.6) is 0 Å². The zero-order valence-corrected chi connectivity index (χ0v) is 11.0. The van der Waals surface area contributed by atoms with Crippen molar-refractivity contribution in [2.24, 2.45) is 0 Å². The maximum atomic E-state index is 4.27. The topological polar surface area (TPSA) is 25.8 Å². The third-order valence-electron chi connectivity index (χ3n) is 3.06. The average molecular weight is 258 g/mol. The molecule has 3 aromatic rings. The molecule has 0 aliphatic heterocycles. The number of hydrogen-bond donors (Lipinski definition) is 0. The Kier molecular flexibility index (Phi) is 3.65. The Hall–Kier alpha value is -2.74. The summed E-state index contributed by atoms with van der Waals surface area (Å²) in [5.74, 6) is 0. The van der Waals surface area contributed by atoms with E-state index in [1.54, 1.807) is 6.20 Å². The van der Waals surface area contributed by atoms with Gasteiger partial charge >= 0.3 is 0 Å². The lowest BCUT2D eigenvalue weighted by Gasteiger charge is -2.01. The van der Waals surface area contributed by atoms with Crippen LogP contribution in [0.1, 0.15) is 11.3 Å². The minimum atomic E-state index is 0.964. The van der Waals surface area contributed by atoms with Gasteiger partial charge in [0.05, 0.1) is 5.69 Å². The summed E-state index contributed by atoms with van der Waals surface area (Å²) in [6.07, 6.45) is 9.50. The van der Waals surface area contributed by atoms with Gasteiger partial charge in [-0.05, 0) is 47.0 Å². The molecule has 2 heterocycles. The molecule has 0 unspecified atom stereocenters. The predicted octanol–water partition coefficient (Wildman–Crippen LogP) is 4.31. The Balaban J connectivity index is 1.79. The summed E-state index contributed by atoms with van der Waals surface area (Å²) in [7, 11) is 0. The summed E-state index contributed by atoms with van der Waals surface area (Å²) in [5.41, 5.74) is 4.50. The molecular formula is C18H14N2. The van der Waals surface area contributed by atoms with Crippen molar-refractivity contribution in [3.8, 4) is 11.1 Å². The number of nitrogens with zero attached hydrogens (tertiary/aromatic N) is 2. The van der Waals surface area contributed by atoms with E-state index in [0.29, 0.717) is 0 Å². The highest BCUT2D eigenvalue weighted by Crippen LogP contribution is 2.19. The van der Waals surface area contributed by atoms with E-state index in [0.717, 1.165) is 11.3 Å². The molecule has 0 spiro atoms. The second kappa shape index (κ2) is 5.93. The molecule has 3 rings (SSSR count). The first-order valence-electron chi connectivity index (χ1n) is 6.51. The van der Waals surface area contributed by atoms with Crippen LogP contribution in [0.2, 0.25) is 0 Å². The molecule has 0 bridgehead atoms. The Morgan fingerprint density at radius 2 is 1.40 bits per heavy atom. The normalized spacial score (nSPS) is 10.8. The van der Waals surface area contributed by atoms with E-state index in [1.807, 2.05) is 48.8 Å². The van der Waals surface area contributed by atoms with Gasteiger partial charge in [0, 0.05) is 18.6 Å². The molecule has 0 saturated heterocycles. The molecule has 2 aromatic heterocycles. The standard InChI is InChI=1S/C18H14N2/c1-2-12-20-18(3-1)9-6-15-4-7-16(8-5-15)17-10-13-19-14-11-17/h1-14H/b9-6+. The molecule has 0 aliphatic carbocycles. The van der Waals surface area contributed by atoms with Crippen LogP contribution in [-0.4, -0.2) is 9.97 Å². The van der Waals surface area contributed by atoms with Crippen molar-refractivity contribution in [3.05, 3.63) is 84.4 Å². The van der Waals surface area contributed by atoms with Gasteiger partial charge in [-0.15, -0.1) is 0 Å². The zero-order chi connectivity index (χ0) is 13.6. The van der Waals surface area contributed by atoms with Gasteiger partial charge in [0.1, 0.15) is 0 Å². The van der Waals surface area contributed by atoms with E-state index in [2.05, 4.69) is 40.3 Å². The van der Waals surface area contributed by atoms with E-state index in [-0.39, 0.29) is 0 Å². The lowest BCUT2D eigenvalue weighted by Crippen LogP contribution is -1.80. The van der Waals surface area contributed by atoms with E-state index < -0.39 is 0 Å². The molecule has 0 amide bonds. The van der Waals surface area contributed by atoms with Gasteiger partial charge in [-0.1, -0.05) is 36.4 Å². The second-order valence-electron chi connectivity index (χ2n) is 4.45. The van der Waals surface area contributed by atoms with Crippen molar-refractivity contribution < 1.29 is 0 Å². The summed E-state index contributed by atoms with van der Waals surface area (Å²) in [5, 5.41) is 0. The summed E-state index contributed by atoms with van der Waals surface area (Å²) in [6, 6.07) is 18.4. The van der Waals surface area contributed by atoms with Gasteiger partial charge in [-0.25, -0.2) is 0 Å². The van der Waals surface area contributed by atoms with E-state index in [1.165, 1.54) is 11.1 Å². The fourth-order valence-corrected chi connectivity index (χ4v) is 1.99. The smallest absolute Gasteiger partial charge is 0.0629 e. The molecule has 2 heteroatoms. The third-order valence-corrected chi connectivity index (χ3v) is 3.06. The lowest BCUT2D eigenvalue weighted by molar-refractivity contribution is 1.30. The Labute approximate surface area is 118 Å². The van der Waals surface area contributed by atoms with Crippen molar-refractivity contribution in [2.75, 3.05) is 0 Å². The number of aromatic nitrogens is 2. The molecule has 2 nitrogen and oxygen atoms in total. The van der Waals surface area contributed by atoms with Crippen LogP contribution in [0.25, 0.3) is 23.3 Å². The predicted molar refractivity (Wildman–Crippen MR) is 82.8 cm³/mol. The highest BCUT2D eigenvalue weighted by atomic mass is 14.6. The summed E-state index contributed by atoms with van der Waals surface area (Å²) in [6.45, 7) is 0. The molecule has 1 aromatic carbocycles. The number of pyridine rings is 2. The lowest BCUT2D eigenvalue weighted by atomic mass is 10.0. The molecule has 0 atom stereocenters. The fourth-order valence-electron chi connectivity index (χ4n) is 1.99. The van der Waals surface area contributed by atoms with E-state index in [4.69, 9.17) is 0 Å². The van der Waals surface area contributed by atoms with Gasteiger partial charge in [-0.2, -0.15) is 0 Å². The van der Waals surface area contributed by atoms with Crippen molar-refractivity contribution in [1.82, 2.24) is 9.97 Å². The first-order valence-corrected chi connectivity index (χ1v) is 6.51. The highest BCUT2D eigenvalue weighted by Gasteiger charge is 1.96. The molecular weight excluding hydrogens is 244 g/mol. The van der Waals surface area contributed by atoms with Gasteiger partial charge in [0.25, 0.3) is 0 Å². The minimum Gasteiger partial charge on any atom is -0.265 e. The fraction of sp³-hybridized carbons (Fsp3) is 0. The van der Waals surface area contributed by atoms with Crippen molar-refractivity contribution in [3.63, 3.8) is 0 Å². The summed E-state index contributed by atoms with van der Waals surface area (Å²) < 4.78 is 0. The first kappa shape index (κ1) is 12.3. The summed E-state index contributed by atoms with van der Waals surface area (Å²) in [4.78, 5) is 8.30. The van der Waals surface area contributed by atoms with Gasteiger partial charge in [0.2, 0.25) is 0 Å². The molecule has 0 radical (unpaired) electrons. The van der Waals surface area contributed by atoms with Gasteiger partial charge < -0.3 is 0 Å². The van der Waals surface area contributed by atoms with Gasteiger partial charge in [0.15, 0.2) is 0 Å². The molecule has 96 valence electrons. The second-order valence-corrected chi connectivity index (χ2v) is 4.45. The summed E-state index contributed by atoms with van der Waals surface area (Å²) >= 11 is 0. The van der Waals surface area contributed by atoms with E-state index in [9.17, 15) is 0 Å². The minimum absolute atomic E-state index is 0.964. The van der Waals surface area contributed by atoms with Crippen LogP contribution in [0, 0.1) is 0 Å². The Bertz CT molecular complexity index is 687. The SMILES string of the molecule is C(=C\c1ccccn1)/c1ccc(-c2ccncc2)cc1. The van der Waals surface area contributed by atoms with Crippen LogP contribution < -0.4 is 0 Å². The zero-order valence-electron chi connectivity index (χ0n) is 11.0. The van der Waals surface area contributed by atoms with Crippen LogP contribution in [-0.2, 0) is 0 Å². The Morgan fingerprint density at radius 1 is 0.650 bits per heavy atom. The van der Waals surface area contributed by atoms with Crippen LogP contribution in [0.3, 0.4) is 0 Å². The molecule has 0 aliphatic rings.